The van der Waals surface area contributed by atoms with Crippen LogP contribution in [0.4, 0.5) is 11.6 Å². The highest BCUT2D eigenvalue weighted by molar-refractivity contribution is 5.68. The zero-order valence-electron chi connectivity index (χ0n) is 18.4. The molecule has 166 valence electrons. The number of carboxylic acids is 1. The lowest BCUT2D eigenvalue weighted by atomic mass is 9.79. The van der Waals surface area contributed by atoms with Crippen molar-refractivity contribution in [3.8, 4) is 11.3 Å². The molecule has 1 aliphatic heterocycles. The van der Waals surface area contributed by atoms with Crippen molar-refractivity contribution >= 4 is 17.5 Å². The largest absolute Gasteiger partial charge is 0.481 e. The summed E-state index contributed by atoms with van der Waals surface area (Å²) in [6, 6.07) is 12.4. The molecule has 2 aromatic heterocycles. The topological polar surface area (TPSA) is 97.5 Å². The minimum atomic E-state index is -0.786. The van der Waals surface area contributed by atoms with E-state index in [-0.39, 0.29) is 11.8 Å². The number of rotatable bonds is 7. The maximum atomic E-state index is 11.2. The number of carbonyl (C=O) groups is 1. The maximum Gasteiger partial charge on any atom is 0.306 e. The predicted octanol–water partition coefficient (Wildman–Crippen LogP) is 5.02. The average molecular weight is 434 g/mol. The van der Waals surface area contributed by atoms with Crippen molar-refractivity contribution in [2.24, 2.45) is 0 Å². The van der Waals surface area contributed by atoms with Gasteiger partial charge in [-0.15, -0.1) is 0 Å². The molecular weight excluding hydrogens is 406 g/mol. The van der Waals surface area contributed by atoms with Gasteiger partial charge in [-0.25, -0.2) is 4.98 Å². The lowest BCUT2D eigenvalue weighted by Crippen LogP contribution is -2.30. The molecule has 2 atom stereocenters. The molecule has 1 aromatic carbocycles. The van der Waals surface area contributed by atoms with E-state index >= 15 is 0 Å². The summed E-state index contributed by atoms with van der Waals surface area (Å²) >= 11 is 0. The number of aromatic nitrogens is 2. The van der Waals surface area contributed by atoms with Crippen LogP contribution in [0.5, 0.6) is 0 Å². The van der Waals surface area contributed by atoms with Crippen LogP contribution in [0.25, 0.3) is 11.3 Å². The van der Waals surface area contributed by atoms with Gasteiger partial charge in [0.2, 0.25) is 5.88 Å². The van der Waals surface area contributed by atoms with E-state index in [2.05, 4.69) is 39.6 Å². The van der Waals surface area contributed by atoms with Gasteiger partial charge in [0.05, 0.1) is 36.2 Å². The van der Waals surface area contributed by atoms with E-state index in [1.807, 2.05) is 26.0 Å². The third-order valence-electron chi connectivity index (χ3n) is 6.81. The van der Waals surface area contributed by atoms with Gasteiger partial charge in [0, 0.05) is 17.4 Å². The van der Waals surface area contributed by atoms with Crippen molar-refractivity contribution in [2.75, 3.05) is 11.9 Å². The van der Waals surface area contributed by atoms with Crippen molar-refractivity contribution < 1.29 is 19.1 Å². The highest BCUT2D eigenvalue weighted by Crippen LogP contribution is 2.55. The van der Waals surface area contributed by atoms with E-state index in [0.29, 0.717) is 18.4 Å². The van der Waals surface area contributed by atoms with E-state index in [9.17, 15) is 9.90 Å². The minimum Gasteiger partial charge on any atom is -0.481 e. The number of benzene rings is 1. The number of nitrogens with zero attached hydrogens (tertiary/aromatic N) is 2. The molecule has 5 rings (SSSR count). The van der Waals surface area contributed by atoms with Gasteiger partial charge in [-0.1, -0.05) is 31.2 Å². The molecule has 2 bridgehead atoms. The summed E-state index contributed by atoms with van der Waals surface area (Å²) in [5.74, 6) is 0.574. The Morgan fingerprint density at radius 1 is 1.19 bits per heavy atom. The number of oxazole rings is 1. The van der Waals surface area contributed by atoms with Crippen LogP contribution in [0.2, 0.25) is 0 Å². The second-order valence-electron chi connectivity index (χ2n) is 9.01. The van der Waals surface area contributed by atoms with Crippen molar-refractivity contribution in [1.29, 1.82) is 0 Å². The Morgan fingerprint density at radius 3 is 2.59 bits per heavy atom. The van der Waals surface area contributed by atoms with Crippen LogP contribution in [-0.2, 0) is 21.4 Å². The number of aryl methyl sites for hydroxylation is 2. The van der Waals surface area contributed by atoms with E-state index in [1.165, 1.54) is 5.56 Å². The van der Waals surface area contributed by atoms with Crippen LogP contribution in [-0.4, -0.2) is 33.3 Å². The first-order chi connectivity index (χ1) is 15.4. The summed E-state index contributed by atoms with van der Waals surface area (Å²) in [5.41, 5.74) is 4.26. The van der Waals surface area contributed by atoms with Gasteiger partial charge in [0.15, 0.2) is 5.89 Å². The molecular formula is C25H27N3O4. The van der Waals surface area contributed by atoms with Crippen LogP contribution in [0.1, 0.15) is 49.8 Å². The van der Waals surface area contributed by atoms with Crippen LogP contribution in [0, 0.1) is 6.92 Å². The third-order valence-corrected chi connectivity index (χ3v) is 6.81. The van der Waals surface area contributed by atoms with Gasteiger partial charge in [0.1, 0.15) is 5.69 Å². The van der Waals surface area contributed by atoms with Crippen molar-refractivity contribution in [3.05, 3.63) is 59.7 Å². The quantitative estimate of drug-likeness (QED) is 0.540. The lowest BCUT2D eigenvalue weighted by Gasteiger charge is -2.28. The molecule has 32 heavy (non-hydrogen) atoms. The van der Waals surface area contributed by atoms with E-state index in [1.54, 1.807) is 6.20 Å². The fourth-order valence-corrected chi connectivity index (χ4v) is 5.09. The van der Waals surface area contributed by atoms with Gasteiger partial charge in [0.25, 0.3) is 0 Å². The molecule has 7 heteroatoms. The summed E-state index contributed by atoms with van der Waals surface area (Å²) < 4.78 is 11.7. The molecule has 2 unspecified atom stereocenters. The molecule has 0 radical (unpaired) electrons. The molecule has 7 nitrogen and oxygen atoms in total. The van der Waals surface area contributed by atoms with Gasteiger partial charge < -0.3 is 19.6 Å². The zero-order valence-corrected chi connectivity index (χ0v) is 18.4. The van der Waals surface area contributed by atoms with E-state index in [0.717, 1.165) is 48.3 Å². The Kier molecular flexibility index (Phi) is 5.01. The molecule has 2 N–H and O–H groups in total. The molecule has 3 aromatic rings. The first-order valence-corrected chi connectivity index (χ1v) is 11.1. The average Bonchev–Trinajstić information content (AvgIpc) is 3.46. The highest BCUT2D eigenvalue weighted by atomic mass is 16.5. The van der Waals surface area contributed by atoms with Crippen molar-refractivity contribution in [1.82, 2.24) is 9.97 Å². The zero-order chi connectivity index (χ0) is 22.3. The normalized spacial score (nSPS) is 24.1. The van der Waals surface area contributed by atoms with Gasteiger partial charge in [-0.05, 0) is 43.9 Å². The predicted molar refractivity (Wildman–Crippen MR) is 120 cm³/mol. The standard InChI is InChI=1S/C25H27N3O4/c1-3-21-27-16(2)23(32-21)28-19-8-9-20(26-13-19)17-4-6-18(7-5-17)24-10-11-25(14-24,31-15-24)12-22(29)30/h4-9,13,28H,3,10-12,14-15H2,1-2H3,(H,29,30). The Balaban J connectivity index is 1.29. The second kappa shape index (κ2) is 7.74. The van der Waals surface area contributed by atoms with Crippen LogP contribution in [0.3, 0.4) is 0 Å². The number of nitrogens with one attached hydrogen (secondary N) is 1. The molecule has 0 spiro atoms. The Bertz CT molecular complexity index is 1130. The monoisotopic (exact) mass is 433 g/mol. The van der Waals surface area contributed by atoms with E-state index in [4.69, 9.17) is 9.15 Å². The SMILES string of the molecule is CCc1nc(C)c(Nc2ccc(-c3ccc(C45CCC(CC(=O)O)(C4)OC5)cc3)nc2)o1. The number of pyridine rings is 1. The molecule has 1 saturated carbocycles. The number of hydrogen-bond acceptors (Lipinski definition) is 6. The van der Waals surface area contributed by atoms with Gasteiger partial charge in [-0.2, -0.15) is 0 Å². The number of ether oxygens (including phenoxy) is 1. The number of anilines is 2. The van der Waals surface area contributed by atoms with Crippen molar-refractivity contribution in [2.45, 2.75) is 57.0 Å². The van der Waals surface area contributed by atoms with Crippen LogP contribution in [0.15, 0.2) is 47.0 Å². The summed E-state index contributed by atoms with van der Waals surface area (Å²) in [6.07, 6.45) is 5.19. The van der Waals surface area contributed by atoms with Gasteiger partial charge in [-0.3, -0.25) is 9.78 Å². The Labute approximate surface area is 186 Å². The lowest BCUT2D eigenvalue weighted by molar-refractivity contribution is -0.143. The minimum absolute atomic E-state index is 0.0680. The molecule has 2 fully saturated rings. The Morgan fingerprint density at radius 2 is 2.00 bits per heavy atom. The summed E-state index contributed by atoms with van der Waals surface area (Å²) in [6.45, 7) is 4.52. The smallest absolute Gasteiger partial charge is 0.306 e. The Hall–Kier alpha value is -3.19. The highest BCUT2D eigenvalue weighted by Gasteiger charge is 2.57. The molecule has 1 aliphatic carbocycles. The summed E-state index contributed by atoms with van der Waals surface area (Å²) in [5, 5.41) is 12.5. The van der Waals surface area contributed by atoms with Crippen LogP contribution < -0.4 is 5.32 Å². The fraction of sp³-hybridized carbons (Fsp3) is 0.400. The molecule has 2 aliphatic rings. The second-order valence-corrected chi connectivity index (χ2v) is 9.01. The van der Waals surface area contributed by atoms with E-state index < -0.39 is 11.6 Å². The molecule has 1 saturated heterocycles. The maximum absolute atomic E-state index is 11.2. The van der Waals surface area contributed by atoms with Crippen LogP contribution >= 0.6 is 0 Å². The van der Waals surface area contributed by atoms with Crippen molar-refractivity contribution in [3.63, 3.8) is 0 Å². The summed E-state index contributed by atoms with van der Waals surface area (Å²) in [7, 11) is 0. The molecule has 0 amide bonds. The first-order valence-electron chi connectivity index (χ1n) is 11.1. The number of fused-ring (bicyclic) bond motifs is 2. The number of aliphatic carboxylic acids is 1. The number of hydrogen-bond donors (Lipinski definition) is 2. The first kappa shape index (κ1) is 20.7. The van der Waals surface area contributed by atoms with Gasteiger partial charge >= 0.3 is 5.97 Å². The molecule has 3 heterocycles. The summed E-state index contributed by atoms with van der Waals surface area (Å²) in [4.78, 5) is 20.2. The number of carboxylic acid groups (broad SMARTS) is 1. The fourth-order valence-electron chi connectivity index (χ4n) is 5.09. The third kappa shape index (κ3) is 3.66.